The SMILES string of the molecule is CC(C)(C)[Si](OC[C@@H](N)[C@H]1CCN=C(N)N1)(c1ccccc1)c1ccccc1. The van der Waals surface area contributed by atoms with Gasteiger partial charge in [0.05, 0.1) is 6.61 Å². The van der Waals surface area contributed by atoms with Crippen molar-refractivity contribution in [2.75, 3.05) is 13.2 Å². The Hall–Kier alpha value is -2.15. The highest BCUT2D eigenvalue weighted by atomic mass is 28.4. The molecular weight excluding hydrogens is 364 g/mol. The van der Waals surface area contributed by atoms with E-state index in [9.17, 15) is 0 Å². The van der Waals surface area contributed by atoms with Crippen LogP contribution in [0.1, 0.15) is 27.2 Å². The molecule has 0 aromatic heterocycles. The Bertz CT molecular complexity index is 750. The normalized spacial score (nSPS) is 18.9. The molecule has 2 aromatic rings. The molecule has 1 aliphatic heterocycles. The number of hydrogen-bond donors (Lipinski definition) is 3. The minimum atomic E-state index is -2.56. The molecule has 150 valence electrons. The van der Waals surface area contributed by atoms with Crippen LogP contribution in [0.4, 0.5) is 0 Å². The van der Waals surface area contributed by atoms with Gasteiger partial charge in [-0.2, -0.15) is 0 Å². The largest absolute Gasteiger partial charge is 0.406 e. The second-order valence-corrected chi connectivity index (χ2v) is 12.8. The summed E-state index contributed by atoms with van der Waals surface area (Å²) >= 11 is 0. The summed E-state index contributed by atoms with van der Waals surface area (Å²) in [7, 11) is -2.56. The molecule has 3 rings (SSSR count). The van der Waals surface area contributed by atoms with Gasteiger partial charge in [0.15, 0.2) is 5.96 Å². The van der Waals surface area contributed by atoms with Crippen LogP contribution in [0.2, 0.25) is 5.04 Å². The van der Waals surface area contributed by atoms with Crippen LogP contribution >= 0.6 is 0 Å². The van der Waals surface area contributed by atoms with Gasteiger partial charge >= 0.3 is 0 Å². The summed E-state index contributed by atoms with van der Waals surface area (Å²) in [6.07, 6.45) is 0.867. The third-order valence-corrected chi connectivity index (χ3v) is 10.5. The molecule has 0 unspecified atom stereocenters. The van der Waals surface area contributed by atoms with Crippen molar-refractivity contribution in [3.8, 4) is 0 Å². The summed E-state index contributed by atoms with van der Waals surface area (Å²) in [6.45, 7) is 7.99. The molecule has 0 amide bonds. The molecule has 2 atom stereocenters. The number of nitrogens with two attached hydrogens (primary N) is 2. The molecule has 5 N–H and O–H groups in total. The van der Waals surface area contributed by atoms with Gasteiger partial charge in [0.25, 0.3) is 8.32 Å². The van der Waals surface area contributed by atoms with E-state index in [1.165, 1.54) is 10.4 Å². The van der Waals surface area contributed by atoms with Crippen molar-refractivity contribution in [3.63, 3.8) is 0 Å². The topological polar surface area (TPSA) is 85.7 Å². The van der Waals surface area contributed by atoms with Crippen molar-refractivity contribution in [2.24, 2.45) is 16.5 Å². The number of nitrogens with one attached hydrogen (secondary N) is 1. The summed E-state index contributed by atoms with van der Waals surface area (Å²) in [5.74, 6) is 0.470. The smallest absolute Gasteiger partial charge is 0.261 e. The average molecular weight is 397 g/mol. The second kappa shape index (κ2) is 8.47. The van der Waals surface area contributed by atoms with E-state index in [0.717, 1.165) is 6.42 Å². The van der Waals surface area contributed by atoms with Crippen LogP contribution in [0.15, 0.2) is 65.7 Å². The number of benzene rings is 2. The van der Waals surface area contributed by atoms with E-state index in [4.69, 9.17) is 15.9 Å². The van der Waals surface area contributed by atoms with Crippen LogP contribution in [-0.2, 0) is 4.43 Å². The highest BCUT2D eigenvalue weighted by Crippen LogP contribution is 2.36. The van der Waals surface area contributed by atoms with Gasteiger partial charge in [0.1, 0.15) is 0 Å². The van der Waals surface area contributed by atoms with E-state index < -0.39 is 8.32 Å². The summed E-state index contributed by atoms with van der Waals surface area (Å²) in [5.41, 5.74) is 12.4. The maximum atomic E-state index is 6.91. The Morgan fingerprint density at radius 1 is 1.07 bits per heavy atom. The Morgan fingerprint density at radius 2 is 1.61 bits per heavy atom. The van der Waals surface area contributed by atoms with Gasteiger partial charge in [-0.15, -0.1) is 0 Å². The fourth-order valence-electron chi connectivity index (χ4n) is 4.05. The minimum absolute atomic E-state index is 0.0596. The van der Waals surface area contributed by atoms with Gasteiger partial charge in [-0.25, -0.2) is 0 Å². The second-order valence-electron chi connectivity index (χ2n) is 8.44. The zero-order valence-corrected chi connectivity index (χ0v) is 18.1. The van der Waals surface area contributed by atoms with Gasteiger partial charge in [-0.1, -0.05) is 81.4 Å². The van der Waals surface area contributed by atoms with Crippen molar-refractivity contribution >= 4 is 24.7 Å². The summed E-state index contributed by atoms with van der Waals surface area (Å²) in [5, 5.41) is 5.67. The molecule has 2 aromatic carbocycles. The molecule has 1 aliphatic rings. The third kappa shape index (κ3) is 4.14. The van der Waals surface area contributed by atoms with Crippen molar-refractivity contribution < 1.29 is 4.43 Å². The van der Waals surface area contributed by atoms with Gasteiger partial charge in [-0.05, 0) is 21.8 Å². The van der Waals surface area contributed by atoms with Crippen molar-refractivity contribution in [1.82, 2.24) is 5.32 Å². The lowest BCUT2D eigenvalue weighted by Gasteiger charge is -2.44. The zero-order chi connectivity index (χ0) is 20.2. The molecule has 0 saturated heterocycles. The van der Waals surface area contributed by atoms with Crippen LogP contribution < -0.4 is 27.2 Å². The molecule has 6 heteroatoms. The van der Waals surface area contributed by atoms with Gasteiger partial charge in [0, 0.05) is 18.6 Å². The van der Waals surface area contributed by atoms with Gasteiger partial charge in [-0.3, -0.25) is 4.99 Å². The summed E-state index contributed by atoms with van der Waals surface area (Å²) in [4.78, 5) is 4.20. The zero-order valence-electron chi connectivity index (χ0n) is 17.1. The lowest BCUT2D eigenvalue weighted by atomic mass is 10.1. The van der Waals surface area contributed by atoms with E-state index >= 15 is 0 Å². The third-order valence-electron chi connectivity index (χ3n) is 5.48. The summed E-state index contributed by atoms with van der Waals surface area (Å²) < 4.78 is 6.91. The first-order chi connectivity index (χ1) is 13.3. The molecule has 0 radical (unpaired) electrons. The van der Waals surface area contributed by atoms with E-state index in [0.29, 0.717) is 19.1 Å². The predicted molar refractivity (Wildman–Crippen MR) is 120 cm³/mol. The van der Waals surface area contributed by atoms with Crippen molar-refractivity contribution in [3.05, 3.63) is 60.7 Å². The van der Waals surface area contributed by atoms with E-state index in [-0.39, 0.29) is 17.1 Å². The predicted octanol–water partition coefficient (Wildman–Crippen LogP) is 1.57. The lowest BCUT2D eigenvalue weighted by molar-refractivity contribution is 0.245. The molecular formula is C22H32N4OSi. The Kier molecular flexibility index (Phi) is 6.22. The highest BCUT2D eigenvalue weighted by Gasteiger charge is 2.50. The molecule has 0 aliphatic carbocycles. The van der Waals surface area contributed by atoms with Gasteiger partial charge < -0.3 is 21.2 Å². The van der Waals surface area contributed by atoms with Crippen LogP contribution in [0, 0.1) is 0 Å². The molecule has 28 heavy (non-hydrogen) atoms. The average Bonchev–Trinajstić information content (AvgIpc) is 2.69. The Balaban J connectivity index is 1.96. The number of nitrogens with zero attached hydrogens (tertiary/aromatic N) is 1. The fraction of sp³-hybridized carbons (Fsp3) is 0.409. The number of guanidine groups is 1. The molecule has 0 fully saturated rings. The maximum absolute atomic E-state index is 6.91. The lowest BCUT2D eigenvalue weighted by Crippen LogP contribution is -2.68. The molecule has 0 spiro atoms. The van der Waals surface area contributed by atoms with Crippen LogP contribution in [0.25, 0.3) is 0 Å². The first-order valence-corrected chi connectivity index (χ1v) is 11.8. The van der Waals surface area contributed by atoms with E-state index in [1.54, 1.807) is 0 Å². The molecule has 0 bridgehead atoms. The monoisotopic (exact) mass is 396 g/mol. The number of hydrogen-bond acceptors (Lipinski definition) is 5. The van der Waals surface area contributed by atoms with E-state index in [2.05, 4.69) is 91.7 Å². The first-order valence-electron chi connectivity index (χ1n) is 9.91. The van der Waals surface area contributed by atoms with Crippen molar-refractivity contribution in [2.45, 2.75) is 44.3 Å². The molecule has 0 saturated carbocycles. The molecule has 1 heterocycles. The minimum Gasteiger partial charge on any atom is -0.406 e. The highest BCUT2D eigenvalue weighted by molar-refractivity contribution is 6.99. The quantitative estimate of drug-likeness (QED) is 0.647. The van der Waals surface area contributed by atoms with Gasteiger partial charge in [0.2, 0.25) is 0 Å². The maximum Gasteiger partial charge on any atom is 0.261 e. The summed E-state index contributed by atoms with van der Waals surface area (Å²) in [6, 6.07) is 21.2. The van der Waals surface area contributed by atoms with Crippen LogP contribution in [-0.4, -0.2) is 39.5 Å². The Morgan fingerprint density at radius 3 is 2.07 bits per heavy atom. The van der Waals surface area contributed by atoms with Crippen molar-refractivity contribution in [1.29, 1.82) is 0 Å². The first kappa shape index (κ1) is 20.6. The molecule has 5 nitrogen and oxygen atoms in total. The Labute approximate surface area is 169 Å². The number of rotatable bonds is 6. The fourth-order valence-corrected chi connectivity index (χ4v) is 8.65. The van der Waals surface area contributed by atoms with Crippen LogP contribution in [0.3, 0.4) is 0 Å². The standard InChI is InChI=1S/C22H32N4OSi/c1-22(2,3)28(17-10-6-4-7-11-17,18-12-8-5-9-13-18)27-16-19(23)20-14-15-25-21(24)26-20/h4-13,19-20H,14-16,23H2,1-3H3,(H3,24,25,26)/t19-,20-/m1/s1. The van der Waals surface area contributed by atoms with Crippen LogP contribution in [0.5, 0.6) is 0 Å². The van der Waals surface area contributed by atoms with E-state index in [1.807, 2.05) is 0 Å². The number of aliphatic imine (C=N–C) groups is 1.